The average molecular weight is 392 g/mol. The Hall–Kier alpha value is -3.52. The highest BCUT2D eigenvalue weighted by molar-refractivity contribution is 6.04. The molecular formula is C21H21FN6O. The molecule has 0 radical (unpaired) electrons. The molecule has 1 saturated heterocycles. The van der Waals surface area contributed by atoms with E-state index < -0.39 is 5.91 Å². The Morgan fingerprint density at radius 3 is 2.45 bits per heavy atom. The maximum atomic E-state index is 13.2. The molecule has 0 saturated carbocycles. The highest BCUT2D eigenvalue weighted by Gasteiger charge is 2.15. The number of halogens is 1. The van der Waals surface area contributed by atoms with Crippen molar-refractivity contribution in [3.05, 3.63) is 66.4 Å². The van der Waals surface area contributed by atoms with Crippen molar-refractivity contribution < 1.29 is 9.18 Å². The van der Waals surface area contributed by atoms with Crippen LogP contribution in [0.25, 0.3) is 11.1 Å². The van der Waals surface area contributed by atoms with Crippen LogP contribution >= 0.6 is 0 Å². The van der Waals surface area contributed by atoms with E-state index in [1.54, 1.807) is 30.5 Å². The Bertz CT molecular complexity index is 1000. The van der Waals surface area contributed by atoms with Gasteiger partial charge in [0.1, 0.15) is 17.3 Å². The molecule has 2 heterocycles. The van der Waals surface area contributed by atoms with E-state index in [1.165, 1.54) is 18.3 Å². The SMILES string of the molecule is Nc1ccc(-c2ccc(F)cc2)cc1NC(=O)c1cnc(N2CCNCC2)cn1. The molecule has 148 valence electrons. The van der Waals surface area contributed by atoms with E-state index in [2.05, 4.69) is 25.5 Å². The van der Waals surface area contributed by atoms with E-state index >= 15 is 0 Å². The molecule has 8 heteroatoms. The van der Waals surface area contributed by atoms with Gasteiger partial charge in [0.2, 0.25) is 0 Å². The standard InChI is InChI=1S/C21H21FN6O/c22-16-4-1-14(2-5-16)15-3-6-17(23)18(11-15)27-21(29)19-12-26-20(13-25-19)28-9-7-24-8-10-28/h1-6,11-13,24H,7-10,23H2,(H,27,29). The van der Waals surface area contributed by atoms with Gasteiger partial charge in [0.15, 0.2) is 0 Å². The molecule has 29 heavy (non-hydrogen) atoms. The summed E-state index contributed by atoms with van der Waals surface area (Å²) >= 11 is 0. The number of nitrogens with two attached hydrogens (primary N) is 1. The first-order valence-electron chi connectivity index (χ1n) is 9.35. The number of nitrogens with one attached hydrogen (secondary N) is 2. The van der Waals surface area contributed by atoms with Gasteiger partial charge in [-0.3, -0.25) is 4.79 Å². The lowest BCUT2D eigenvalue weighted by atomic mass is 10.0. The van der Waals surface area contributed by atoms with Crippen molar-refractivity contribution in [2.75, 3.05) is 42.1 Å². The largest absolute Gasteiger partial charge is 0.397 e. The first-order valence-corrected chi connectivity index (χ1v) is 9.35. The highest BCUT2D eigenvalue weighted by atomic mass is 19.1. The summed E-state index contributed by atoms with van der Waals surface area (Å²) < 4.78 is 13.2. The van der Waals surface area contributed by atoms with Crippen LogP contribution in [0.1, 0.15) is 10.5 Å². The zero-order valence-electron chi connectivity index (χ0n) is 15.7. The number of anilines is 3. The number of benzene rings is 2. The van der Waals surface area contributed by atoms with Gasteiger partial charge in [0.05, 0.1) is 23.8 Å². The molecule has 7 nitrogen and oxygen atoms in total. The fourth-order valence-corrected chi connectivity index (χ4v) is 3.17. The minimum atomic E-state index is -0.396. The normalized spacial score (nSPS) is 13.9. The quantitative estimate of drug-likeness (QED) is 0.591. The van der Waals surface area contributed by atoms with Gasteiger partial charge in [-0.25, -0.2) is 14.4 Å². The third kappa shape index (κ3) is 4.33. The minimum absolute atomic E-state index is 0.204. The van der Waals surface area contributed by atoms with E-state index in [0.29, 0.717) is 11.4 Å². The summed E-state index contributed by atoms with van der Waals surface area (Å²) in [5.41, 5.74) is 8.74. The van der Waals surface area contributed by atoms with E-state index in [9.17, 15) is 9.18 Å². The number of aromatic nitrogens is 2. The fourth-order valence-electron chi connectivity index (χ4n) is 3.17. The predicted molar refractivity (Wildman–Crippen MR) is 111 cm³/mol. The monoisotopic (exact) mass is 392 g/mol. The maximum absolute atomic E-state index is 13.2. The summed E-state index contributed by atoms with van der Waals surface area (Å²) in [7, 11) is 0. The number of amides is 1. The molecule has 1 aliphatic heterocycles. The maximum Gasteiger partial charge on any atom is 0.275 e. The molecular weight excluding hydrogens is 371 g/mol. The molecule has 1 fully saturated rings. The number of rotatable bonds is 4. The molecule has 3 aromatic rings. The van der Waals surface area contributed by atoms with Crippen LogP contribution in [-0.2, 0) is 0 Å². The predicted octanol–water partition coefficient (Wildman–Crippen LogP) is 2.53. The van der Waals surface area contributed by atoms with Gasteiger partial charge in [-0.15, -0.1) is 0 Å². The van der Waals surface area contributed by atoms with Crippen LogP contribution < -0.4 is 21.3 Å². The molecule has 4 rings (SSSR count). The van der Waals surface area contributed by atoms with Crippen molar-refractivity contribution in [2.24, 2.45) is 0 Å². The molecule has 1 aromatic heterocycles. The molecule has 0 aliphatic carbocycles. The van der Waals surface area contributed by atoms with Gasteiger partial charge < -0.3 is 21.3 Å². The molecule has 1 amide bonds. The second-order valence-corrected chi connectivity index (χ2v) is 6.76. The van der Waals surface area contributed by atoms with Gasteiger partial charge in [0, 0.05) is 26.2 Å². The number of carbonyl (C=O) groups excluding carboxylic acids is 1. The smallest absolute Gasteiger partial charge is 0.275 e. The second kappa shape index (κ2) is 8.24. The third-order valence-corrected chi connectivity index (χ3v) is 4.79. The number of nitrogen functional groups attached to an aromatic ring is 1. The van der Waals surface area contributed by atoms with Gasteiger partial charge in [-0.2, -0.15) is 0 Å². The Balaban J connectivity index is 1.50. The summed E-state index contributed by atoms with van der Waals surface area (Å²) in [6.45, 7) is 3.50. The van der Waals surface area contributed by atoms with Crippen LogP contribution in [0.3, 0.4) is 0 Å². The lowest BCUT2D eigenvalue weighted by molar-refractivity contribution is 0.102. The van der Waals surface area contributed by atoms with Crippen LogP contribution in [0, 0.1) is 5.82 Å². The summed E-state index contributed by atoms with van der Waals surface area (Å²) in [5, 5.41) is 6.06. The Morgan fingerprint density at radius 2 is 1.76 bits per heavy atom. The number of hydrogen-bond donors (Lipinski definition) is 3. The van der Waals surface area contributed by atoms with Gasteiger partial charge in [-0.05, 0) is 35.4 Å². The van der Waals surface area contributed by atoms with Crippen molar-refractivity contribution in [1.82, 2.24) is 15.3 Å². The lowest BCUT2D eigenvalue weighted by Gasteiger charge is -2.27. The lowest BCUT2D eigenvalue weighted by Crippen LogP contribution is -2.44. The molecule has 4 N–H and O–H groups in total. The number of piperazine rings is 1. The van der Waals surface area contributed by atoms with Crippen LogP contribution in [-0.4, -0.2) is 42.1 Å². The Labute approximate surface area is 167 Å². The van der Waals surface area contributed by atoms with Crippen LogP contribution in [0.5, 0.6) is 0 Å². The molecule has 2 aromatic carbocycles. The number of hydrogen-bond acceptors (Lipinski definition) is 6. The number of nitrogens with zero attached hydrogens (tertiary/aromatic N) is 3. The van der Waals surface area contributed by atoms with Gasteiger partial charge >= 0.3 is 0 Å². The van der Waals surface area contributed by atoms with Crippen LogP contribution in [0.2, 0.25) is 0 Å². The second-order valence-electron chi connectivity index (χ2n) is 6.76. The van der Waals surface area contributed by atoms with Crippen molar-refractivity contribution in [3.63, 3.8) is 0 Å². The van der Waals surface area contributed by atoms with E-state index in [1.807, 2.05) is 6.07 Å². The van der Waals surface area contributed by atoms with Crippen molar-refractivity contribution in [3.8, 4) is 11.1 Å². The Morgan fingerprint density at radius 1 is 1.03 bits per heavy atom. The van der Waals surface area contributed by atoms with Crippen LogP contribution in [0.4, 0.5) is 21.6 Å². The summed E-state index contributed by atoms with van der Waals surface area (Å²) in [6, 6.07) is 11.4. The zero-order valence-corrected chi connectivity index (χ0v) is 15.7. The number of carbonyl (C=O) groups is 1. The molecule has 0 bridgehead atoms. The van der Waals surface area contributed by atoms with E-state index in [-0.39, 0.29) is 11.5 Å². The van der Waals surface area contributed by atoms with Gasteiger partial charge in [0.25, 0.3) is 5.91 Å². The minimum Gasteiger partial charge on any atom is -0.397 e. The fraction of sp³-hybridized carbons (Fsp3) is 0.190. The first-order chi connectivity index (χ1) is 14.1. The van der Waals surface area contributed by atoms with Crippen LogP contribution in [0.15, 0.2) is 54.9 Å². The van der Waals surface area contributed by atoms with E-state index in [0.717, 1.165) is 43.1 Å². The topological polar surface area (TPSA) is 96.2 Å². The molecule has 0 spiro atoms. The van der Waals surface area contributed by atoms with Crippen molar-refractivity contribution in [2.45, 2.75) is 0 Å². The average Bonchev–Trinajstić information content (AvgIpc) is 2.76. The zero-order chi connectivity index (χ0) is 20.2. The van der Waals surface area contributed by atoms with Crippen molar-refractivity contribution >= 4 is 23.1 Å². The summed E-state index contributed by atoms with van der Waals surface area (Å²) in [4.78, 5) is 23.3. The summed E-state index contributed by atoms with van der Waals surface area (Å²) in [5.74, 6) is 0.0498. The molecule has 1 aliphatic rings. The summed E-state index contributed by atoms with van der Waals surface area (Å²) in [6.07, 6.45) is 3.07. The third-order valence-electron chi connectivity index (χ3n) is 4.79. The molecule has 0 atom stereocenters. The molecule has 0 unspecified atom stereocenters. The van der Waals surface area contributed by atoms with E-state index in [4.69, 9.17) is 5.73 Å². The van der Waals surface area contributed by atoms with Gasteiger partial charge in [-0.1, -0.05) is 18.2 Å². The van der Waals surface area contributed by atoms with Crippen molar-refractivity contribution in [1.29, 1.82) is 0 Å². The first kappa shape index (κ1) is 18.8. The highest BCUT2D eigenvalue weighted by Crippen LogP contribution is 2.27. The Kier molecular flexibility index (Phi) is 5.35.